The fraction of sp³-hybridized carbons (Fsp3) is 0.100. The molecule has 0 spiro atoms. The van der Waals surface area contributed by atoms with Gasteiger partial charge in [0.15, 0.2) is 5.69 Å². The second-order valence-corrected chi connectivity index (χ2v) is 5.88. The molecule has 0 unspecified atom stereocenters. The number of halogens is 3. The van der Waals surface area contributed by atoms with Crippen molar-refractivity contribution in [1.29, 1.82) is 0 Å². The highest BCUT2D eigenvalue weighted by atomic mass is 19.4. The Balaban J connectivity index is 2.05. The Labute approximate surface area is 158 Å². The molecule has 0 fully saturated rings. The number of carbonyl (C=O) groups excluding carboxylic acids is 1. The highest BCUT2D eigenvalue weighted by Gasteiger charge is 2.35. The molecule has 1 amide bonds. The van der Waals surface area contributed by atoms with E-state index < -0.39 is 17.8 Å². The van der Waals surface area contributed by atoms with Crippen LogP contribution in [0.25, 0.3) is 23.0 Å². The third-order valence-corrected chi connectivity index (χ3v) is 3.96. The largest absolute Gasteiger partial charge is 0.497 e. The maximum absolute atomic E-state index is 13.2. The average Bonchev–Trinajstić information content (AvgIpc) is 3.13. The summed E-state index contributed by atoms with van der Waals surface area (Å²) < 4.78 is 46.0. The Bertz CT molecular complexity index is 1000. The van der Waals surface area contributed by atoms with Crippen molar-refractivity contribution in [3.63, 3.8) is 0 Å². The molecular weight excluding hydrogens is 371 g/mol. The first kappa shape index (κ1) is 19.2. The number of nitrogens with two attached hydrogens (primary N) is 1. The van der Waals surface area contributed by atoms with Crippen LogP contribution in [-0.2, 0) is 11.0 Å². The lowest BCUT2D eigenvalue weighted by Crippen LogP contribution is -2.07. The molecule has 0 saturated heterocycles. The predicted molar refractivity (Wildman–Crippen MR) is 98.8 cm³/mol. The van der Waals surface area contributed by atoms with E-state index >= 15 is 0 Å². The lowest BCUT2D eigenvalue weighted by Gasteiger charge is -2.09. The number of alkyl halides is 3. The number of ether oxygens (including phenoxy) is 1. The van der Waals surface area contributed by atoms with Crippen LogP contribution in [0.15, 0.2) is 60.7 Å². The topological polar surface area (TPSA) is 70.1 Å². The molecule has 0 bridgehead atoms. The molecule has 0 aliphatic carbocycles. The number of methoxy groups -OCH3 is 1. The second-order valence-electron chi connectivity index (χ2n) is 5.88. The highest BCUT2D eigenvalue weighted by molar-refractivity contribution is 5.90. The highest BCUT2D eigenvalue weighted by Crippen LogP contribution is 2.33. The van der Waals surface area contributed by atoms with E-state index in [1.165, 1.54) is 23.9 Å². The molecular formula is C20H16F3N3O2. The zero-order chi connectivity index (χ0) is 20.3. The van der Waals surface area contributed by atoms with E-state index in [0.29, 0.717) is 22.6 Å². The summed E-state index contributed by atoms with van der Waals surface area (Å²) in [6.07, 6.45) is -1.84. The summed E-state index contributed by atoms with van der Waals surface area (Å²) >= 11 is 0. The normalized spacial score (nSPS) is 11.7. The molecule has 144 valence electrons. The van der Waals surface area contributed by atoms with Gasteiger partial charge in [0.25, 0.3) is 0 Å². The maximum atomic E-state index is 13.2. The molecule has 8 heteroatoms. The SMILES string of the molecule is COc1ccc(-n2nc(C(F)(F)F)cc2-c2ccc(/C=C/C(N)=O)cc2)cc1. The second kappa shape index (κ2) is 7.59. The van der Waals surface area contributed by atoms with Crippen LogP contribution < -0.4 is 10.5 Å². The van der Waals surface area contributed by atoms with Crippen LogP contribution in [0.5, 0.6) is 5.75 Å². The summed E-state index contributed by atoms with van der Waals surface area (Å²) in [5, 5.41) is 3.74. The van der Waals surface area contributed by atoms with Gasteiger partial charge >= 0.3 is 6.18 Å². The molecule has 0 atom stereocenters. The van der Waals surface area contributed by atoms with Crippen molar-refractivity contribution < 1.29 is 22.7 Å². The van der Waals surface area contributed by atoms with Gasteiger partial charge in [-0.3, -0.25) is 4.79 Å². The molecule has 2 N–H and O–H groups in total. The van der Waals surface area contributed by atoms with Crippen LogP contribution in [0, 0.1) is 0 Å². The number of amides is 1. The van der Waals surface area contributed by atoms with Gasteiger partial charge in [-0.05, 0) is 42.0 Å². The summed E-state index contributed by atoms with van der Waals surface area (Å²) in [5.41, 5.74) is 6.04. The number of carbonyl (C=O) groups is 1. The molecule has 3 aromatic rings. The van der Waals surface area contributed by atoms with Crippen molar-refractivity contribution in [2.24, 2.45) is 5.73 Å². The molecule has 1 aromatic heterocycles. The van der Waals surface area contributed by atoms with Crippen LogP contribution in [0.3, 0.4) is 0 Å². The average molecular weight is 387 g/mol. The minimum Gasteiger partial charge on any atom is -0.497 e. The zero-order valence-corrected chi connectivity index (χ0v) is 14.8. The number of aromatic nitrogens is 2. The molecule has 3 rings (SSSR count). The van der Waals surface area contributed by atoms with Gasteiger partial charge in [-0.2, -0.15) is 18.3 Å². The Morgan fingerprint density at radius 2 is 1.75 bits per heavy atom. The van der Waals surface area contributed by atoms with Gasteiger partial charge in [-0.25, -0.2) is 4.68 Å². The molecule has 2 aromatic carbocycles. The van der Waals surface area contributed by atoms with Crippen LogP contribution in [-0.4, -0.2) is 22.8 Å². The van der Waals surface area contributed by atoms with E-state index in [-0.39, 0.29) is 5.69 Å². The van der Waals surface area contributed by atoms with E-state index in [9.17, 15) is 18.0 Å². The number of nitrogens with zero attached hydrogens (tertiary/aromatic N) is 2. The quantitative estimate of drug-likeness (QED) is 0.671. The lowest BCUT2D eigenvalue weighted by molar-refractivity contribution is -0.141. The van der Waals surface area contributed by atoms with Crippen molar-refractivity contribution >= 4 is 12.0 Å². The zero-order valence-electron chi connectivity index (χ0n) is 14.8. The minimum atomic E-state index is -4.57. The molecule has 0 saturated carbocycles. The molecule has 5 nitrogen and oxygen atoms in total. The van der Waals surface area contributed by atoms with Gasteiger partial charge < -0.3 is 10.5 Å². The number of hydrogen-bond donors (Lipinski definition) is 1. The molecule has 0 radical (unpaired) electrons. The van der Waals surface area contributed by atoms with E-state index in [1.807, 2.05) is 0 Å². The van der Waals surface area contributed by atoms with Crippen LogP contribution in [0.1, 0.15) is 11.3 Å². The van der Waals surface area contributed by atoms with Gasteiger partial charge in [-0.1, -0.05) is 24.3 Å². The van der Waals surface area contributed by atoms with Crippen molar-refractivity contribution in [1.82, 2.24) is 9.78 Å². The van der Waals surface area contributed by atoms with Crippen LogP contribution in [0.2, 0.25) is 0 Å². The van der Waals surface area contributed by atoms with Crippen LogP contribution >= 0.6 is 0 Å². The summed E-state index contributed by atoms with van der Waals surface area (Å²) in [7, 11) is 1.50. The first-order chi connectivity index (χ1) is 13.3. The minimum absolute atomic E-state index is 0.280. The van der Waals surface area contributed by atoms with Crippen LogP contribution in [0.4, 0.5) is 13.2 Å². The molecule has 0 aliphatic heterocycles. The first-order valence-electron chi connectivity index (χ1n) is 8.17. The molecule has 1 heterocycles. The Kier molecular flexibility index (Phi) is 5.21. The summed E-state index contributed by atoms with van der Waals surface area (Å²) in [6.45, 7) is 0. The fourth-order valence-corrected chi connectivity index (χ4v) is 2.59. The van der Waals surface area contributed by atoms with Gasteiger partial charge in [0.05, 0.1) is 18.5 Å². The molecule has 28 heavy (non-hydrogen) atoms. The van der Waals surface area contributed by atoms with Gasteiger partial charge in [0, 0.05) is 11.6 Å². The third-order valence-electron chi connectivity index (χ3n) is 3.96. The van der Waals surface area contributed by atoms with Crippen molar-refractivity contribution in [3.05, 3.63) is 71.9 Å². The predicted octanol–water partition coefficient (Wildman–Crippen LogP) is 4.07. The molecule has 0 aliphatic rings. The number of benzene rings is 2. The van der Waals surface area contributed by atoms with E-state index in [1.54, 1.807) is 48.5 Å². The fourth-order valence-electron chi connectivity index (χ4n) is 2.59. The van der Waals surface area contributed by atoms with Gasteiger partial charge in [-0.15, -0.1) is 0 Å². The monoisotopic (exact) mass is 387 g/mol. The first-order valence-corrected chi connectivity index (χ1v) is 8.17. The lowest BCUT2D eigenvalue weighted by atomic mass is 10.1. The van der Waals surface area contributed by atoms with E-state index in [0.717, 1.165) is 6.07 Å². The van der Waals surface area contributed by atoms with Gasteiger partial charge in [0.1, 0.15) is 5.75 Å². The van der Waals surface area contributed by atoms with Gasteiger partial charge in [0.2, 0.25) is 5.91 Å². The Hall–Kier alpha value is -3.55. The van der Waals surface area contributed by atoms with E-state index in [2.05, 4.69) is 5.10 Å². The summed E-state index contributed by atoms with van der Waals surface area (Å²) in [4.78, 5) is 10.8. The number of primary amides is 1. The standard InChI is InChI=1S/C20H16F3N3O2/c1-28-16-9-7-15(8-10-16)26-17(12-18(25-26)20(21,22)23)14-5-2-13(3-6-14)4-11-19(24)27/h2-12H,1H3,(H2,24,27)/b11-4+. The maximum Gasteiger partial charge on any atom is 0.435 e. The third kappa shape index (κ3) is 4.22. The Morgan fingerprint density at radius 3 is 2.29 bits per heavy atom. The smallest absolute Gasteiger partial charge is 0.435 e. The Morgan fingerprint density at radius 1 is 1.11 bits per heavy atom. The summed E-state index contributed by atoms with van der Waals surface area (Å²) in [6, 6.07) is 14.2. The van der Waals surface area contributed by atoms with Crippen molar-refractivity contribution in [3.8, 4) is 22.7 Å². The van der Waals surface area contributed by atoms with Crippen molar-refractivity contribution in [2.45, 2.75) is 6.18 Å². The number of rotatable bonds is 5. The summed E-state index contributed by atoms with van der Waals surface area (Å²) in [5.74, 6) is -0.00410. The number of hydrogen-bond acceptors (Lipinski definition) is 3. The van der Waals surface area contributed by atoms with E-state index in [4.69, 9.17) is 10.5 Å². The van der Waals surface area contributed by atoms with Crippen molar-refractivity contribution in [2.75, 3.05) is 7.11 Å².